The van der Waals surface area contributed by atoms with Crippen LogP contribution in [0.3, 0.4) is 0 Å². The van der Waals surface area contributed by atoms with Crippen LogP contribution in [0, 0.1) is 20.8 Å². The largest absolute Gasteiger partial charge is 0.481 e. The molecule has 0 atom stereocenters. The van der Waals surface area contributed by atoms with Gasteiger partial charge in [0.05, 0.1) is 11.2 Å². The zero-order valence-electron chi connectivity index (χ0n) is 12.0. The van der Waals surface area contributed by atoms with E-state index < -0.39 is 11.4 Å². The lowest BCUT2D eigenvalue weighted by molar-refractivity contribution is -0.142. The van der Waals surface area contributed by atoms with Gasteiger partial charge in [-0.05, 0) is 57.9 Å². The maximum Gasteiger partial charge on any atom is 0.315 e. The van der Waals surface area contributed by atoms with Crippen LogP contribution in [-0.4, -0.2) is 16.1 Å². The molecule has 0 saturated carbocycles. The highest BCUT2D eigenvalue weighted by Gasteiger charge is 2.31. The standard InChI is InChI=1S/C16H19NO2/c1-9-6-11(3)14-12(7-9)10(2)8-13(17-14)16(4,5)15(18)19/h6-8H,1-5H3,(H,18,19). The first-order valence-electron chi connectivity index (χ1n) is 6.36. The summed E-state index contributed by atoms with van der Waals surface area (Å²) in [6.07, 6.45) is 0. The molecule has 1 aromatic carbocycles. The Morgan fingerprint density at radius 2 is 1.74 bits per heavy atom. The average molecular weight is 257 g/mol. The maximum atomic E-state index is 11.4. The van der Waals surface area contributed by atoms with Gasteiger partial charge in [-0.15, -0.1) is 0 Å². The summed E-state index contributed by atoms with van der Waals surface area (Å²) >= 11 is 0. The molecule has 0 spiro atoms. The normalized spacial score (nSPS) is 11.8. The Balaban J connectivity index is 2.79. The van der Waals surface area contributed by atoms with Crippen LogP contribution in [0.2, 0.25) is 0 Å². The minimum Gasteiger partial charge on any atom is -0.481 e. The van der Waals surface area contributed by atoms with Crippen molar-refractivity contribution in [3.8, 4) is 0 Å². The number of aryl methyl sites for hydroxylation is 3. The first kappa shape index (κ1) is 13.5. The van der Waals surface area contributed by atoms with E-state index in [1.165, 1.54) is 5.56 Å². The number of hydrogen-bond donors (Lipinski definition) is 1. The van der Waals surface area contributed by atoms with Gasteiger partial charge in [-0.3, -0.25) is 9.78 Å². The number of carbonyl (C=O) groups is 1. The second-order valence-electron chi connectivity index (χ2n) is 5.73. The summed E-state index contributed by atoms with van der Waals surface area (Å²) < 4.78 is 0. The Bertz CT molecular complexity index is 672. The van der Waals surface area contributed by atoms with Gasteiger partial charge in [0.15, 0.2) is 0 Å². The summed E-state index contributed by atoms with van der Waals surface area (Å²) in [4.78, 5) is 16.0. The Labute approximate surface area is 113 Å². The molecule has 19 heavy (non-hydrogen) atoms. The average Bonchev–Trinajstić information content (AvgIpc) is 2.29. The number of rotatable bonds is 2. The van der Waals surface area contributed by atoms with Crippen LogP contribution in [0.25, 0.3) is 10.9 Å². The van der Waals surface area contributed by atoms with Gasteiger partial charge in [-0.1, -0.05) is 11.6 Å². The lowest BCUT2D eigenvalue weighted by Gasteiger charge is -2.20. The molecule has 3 nitrogen and oxygen atoms in total. The third-order valence-electron chi connectivity index (χ3n) is 3.63. The summed E-state index contributed by atoms with van der Waals surface area (Å²) in [6.45, 7) is 9.45. The predicted octanol–water partition coefficient (Wildman–Crippen LogP) is 3.52. The Morgan fingerprint density at radius 1 is 1.11 bits per heavy atom. The molecule has 1 aromatic heterocycles. The second kappa shape index (κ2) is 4.34. The molecule has 0 radical (unpaired) electrons. The number of benzene rings is 1. The highest BCUT2D eigenvalue weighted by atomic mass is 16.4. The van der Waals surface area contributed by atoms with E-state index in [1.807, 2.05) is 19.9 Å². The molecule has 0 saturated heterocycles. The van der Waals surface area contributed by atoms with Crippen LogP contribution in [0.15, 0.2) is 18.2 Å². The number of carboxylic acid groups (broad SMARTS) is 1. The number of carboxylic acids is 1. The molecular weight excluding hydrogens is 238 g/mol. The monoisotopic (exact) mass is 257 g/mol. The van der Waals surface area contributed by atoms with Crippen molar-refractivity contribution in [3.05, 3.63) is 40.6 Å². The van der Waals surface area contributed by atoms with Gasteiger partial charge in [0.25, 0.3) is 0 Å². The molecular formula is C16H19NO2. The van der Waals surface area contributed by atoms with Gasteiger partial charge in [0.1, 0.15) is 5.41 Å². The molecule has 100 valence electrons. The Kier molecular flexibility index (Phi) is 3.09. The van der Waals surface area contributed by atoms with E-state index in [9.17, 15) is 9.90 Å². The van der Waals surface area contributed by atoms with Crippen molar-refractivity contribution in [2.45, 2.75) is 40.0 Å². The van der Waals surface area contributed by atoms with Crippen LogP contribution >= 0.6 is 0 Å². The van der Waals surface area contributed by atoms with Crippen molar-refractivity contribution in [3.63, 3.8) is 0 Å². The Hall–Kier alpha value is -1.90. The zero-order valence-corrected chi connectivity index (χ0v) is 12.0. The lowest BCUT2D eigenvalue weighted by atomic mass is 9.87. The molecule has 2 rings (SSSR count). The summed E-state index contributed by atoms with van der Waals surface area (Å²) in [5, 5.41) is 10.4. The quantitative estimate of drug-likeness (QED) is 0.895. The molecule has 0 amide bonds. The van der Waals surface area contributed by atoms with Crippen molar-refractivity contribution >= 4 is 16.9 Å². The predicted molar refractivity (Wildman–Crippen MR) is 76.6 cm³/mol. The third kappa shape index (κ3) is 2.21. The van der Waals surface area contributed by atoms with Crippen molar-refractivity contribution in [1.29, 1.82) is 0 Å². The molecule has 0 bridgehead atoms. The van der Waals surface area contributed by atoms with Crippen LogP contribution < -0.4 is 0 Å². The fourth-order valence-corrected chi connectivity index (χ4v) is 2.27. The SMILES string of the molecule is Cc1cc(C)c2nc(C(C)(C)C(=O)O)cc(C)c2c1. The van der Waals surface area contributed by atoms with E-state index in [0.717, 1.165) is 22.0 Å². The van der Waals surface area contributed by atoms with Gasteiger partial charge in [-0.2, -0.15) is 0 Å². The van der Waals surface area contributed by atoms with Gasteiger partial charge >= 0.3 is 5.97 Å². The molecule has 1 heterocycles. The topological polar surface area (TPSA) is 50.2 Å². The van der Waals surface area contributed by atoms with Crippen molar-refractivity contribution < 1.29 is 9.90 Å². The van der Waals surface area contributed by atoms with Crippen LogP contribution in [-0.2, 0) is 10.2 Å². The van der Waals surface area contributed by atoms with Gasteiger partial charge in [-0.25, -0.2) is 0 Å². The molecule has 0 aliphatic carbocycles. The van der Waals surface area contributed by atoms with E-state index in [-0.39, 0.29) is 0 Å². The number of aliphatic carboxylic acids is 1. The van der Waals surface area contributed by atoms with Crippen molar-refractivity contribution in [1.82, 2.24) is 4.98 Å². The highest BCUT2D eigenvalue weighted by molar-refractivity contribution is 5.87. The van der Waals surface area contributed by atoms with Crippen molar-refractivity contribution in [2.75, 3.05) is 0 Å². The van der Waals surface area contributed by atoms with Crippen LogP contribution in [0.5, 0.6) is 0 Å². The number of aromatic nitrogens is 1. The summed E-state index contributed by atoms with van der Waals surface area (Å²) in [5.74, 6) is -0.858. The molecule has 0 aliphatic rings. The first-order valence-corrected chi connectivity index (χ1v) is 6.36. The number of fused-ring (bicyclic) bond motifs is 1. The lowest BCUT2D eigenvalue weighted by Crippen LogP contribution is -2.29. The van der Waals surface area contributed by atoms with E-state index >= 15 is 0 Å². The summed E-state index contributed by atoms with van der Waals surface area (Å²) in [7, 11) is 0. The first-order chi connectivity index (χ1) is 8.73. The van der Waals surface area contributed by atoms with E-state index in [2.05, 4.69) is 24.0 Å². The van der Waals surface area contributed by atoms with E-state index in [1.54, 1.807) is 13.8 Å². The van der Waals surface area contributed by atoms with Gasteiger partial charge < -0.3 is 5.11 Å². The fraction of sp³-hybridized carbons (Fsp3) is 0.375. The number of pyridine rings is 1. The minimum atomic E-state index is -0.976. The minimum absolute atomic E-state index is 0.608. The van der Waals surface area contributed by atoms with Gasteiger partial charge in [0.2, 0.25) is 0 Å². The third-order valence-corrected chi connectivity index (χ3v) is 3.63. The van der Waals surface area contributed by atoms with Crippen LogP contribution in [0.4, 0.5) is 0 Å². The smallest absolute Gasteiger partial charge is 0.315 e. The zero-order chi connectivity index (χ0) is 14.4. The molecule has 3 heteroatoms. The van der Waals surface area contributed by atoms with Gasteiger partial charge in [0, 0.05) is 5.39 Å². The number of hydrogen-bond acceptors (Lipinski definition) is 2. The Morgan fingerprint density at radius 3 is 2.32 bits per heavy atom. The fourth-order valence-electron chi connectivity index (χ4n) is 2.27. The number of nitrogens with zero attached hydrogens (tertiary/aromatic N) is 1. The molecule has 0 aliphatic heterocycles. The summed E-state index contributed by atoms with van der Waals surface area (Å²) in [5.41, 5.74) is 3.88. The maximum absolute atomic E-state index is 11.4. The van der Waals surface area contributed by atoms with Crippen molar-refractivity contribution in [2.24, 2.45) is 0 Å². The second-order valence-corrected chi connectivity index (χ2v) is 5.73. The van der Waals surface area contributed by atoms with Crippen LogP contribution in [0.1, 0.15) is 36.2 Å². The molecule has 0 unspecified atom stereocenters. The molecule has 0 fully saturated rings. The van der Waals surface area contributed by atoms with E-state index in [4.69, 9.17) is 0 Å². The summed E-state index contributed by atoms with van der Waals surface area (Å²) in [6, 6.07) is 6.06. The molecule has 1 N–H and O–H groups in total. The van der Waals surface area contributed by atoms with E-state index in [0.29, 0.717) is 5.69 Å². The highest BCUT2D eigenvalue weighted by Crippen LogP contribution is 2.28. The molecule has 2 aromatic rings.